The molecular formula is C12H13Cl2N5O. The van der Waals surface area contributed by atoms with Gasteiger partial charge in [-0.1, -0.05) is 29.3 Å². The van der Waals surface area contributed by atoms with Gasteiger partial charge in [0.05, 0.1) is 15.7 Å². The molecule has 0 amide bonds. The molecule has 20 heavy (non-hydrogen) atoms. The van der Waals surface area contributed by atoms with E-state index in [1.807, 2.05) is 6.92 Å². The van der Waals surface area contributed by atoms with Crippen molar-refractivity contribution in [3.8, 4) is 5.69 Å². The predicted molar refractivity (Wildman–Crippen MR) is 79.6 cm³/mol. The van der Waals surface area contributed by atoms with E-state index in [-0.39, 0.29) is 5.95 Å². The van der Waals surface area contributed by atoms with Gasteiger partial charge in [0.25, 0.3) is 0 Å². The number of aromatic nitrogens is 3. The highest BCUT2D eigenvalue weighted by Crippen LogP contribution is 2.27. The minimum atomic E-state index is -0.536. The minimum Gasteiger partial charge on any atom is -0.279 e. The lowest BCUT2D eigenvalue weighted by molar-refractivity contribution is 0.757. The van der Waals surface area contributed by atoms with E-state index in [1.54, 1.807) is 25.1 Å². The maximum atomic E-state index is 12.2. The van der Waals surface area contributed by atoms with Crippen LogP contribution in [0, 0.1) is 6.92 Å². The van der Waals surface area contributed by atoms with E-state index in [0.29, 0.717) is 28.1 Å². The van der Waals surface area contributed by atoms with Gasteiger partial charge in [-0.3, -0.25) is 5.01 Å². The molecule has 1 aromatic heterocycles. The second-order valence-electron chi connectivity index (χ2n) is 4.05. The van der Waals surface area contributed by atoms with Crippen LogP contribution < -0.4 is 16.5 Å². The third-order valence-corrected chi connectivity index (χ3v) is 3.34. The quantitative estimate of drug-likeness (QED) is 0.692. The van der Waals surface area contributed by atoms with Crippen LogP contribution in [0.3, 0.4) is 0 Å². The number of hydrogen-bond donors (Lipinski definition) is 1. The Morgan fingerprint density at radius 1 is 1.30 bits per heavy atom. The fraction of sp³-hybridized carbons (Fsp3) is 0.250. The molecule has 106 valence electrons. The Labute approximate surface area is 125 Å². The third-order valence-electron chi connectivity index (χ3n) is 2.73. The highest BCUT2D eigenvalue weighted by atomic mass is 35.5. The summed E-state index contributed by atoms with van der Waals surface area (Å²) >= 11 is 12.2. The summed E-state index contributed by atoms with van der Waals surface area (Å²) in [4.78, 5) is 20.2. The van der Waals surface area contributed by atoms with Crippen LogP contribution in [0.25, 0.3) is 5.69 Å². The number of hydrogen-bond acceptors (Lipinski definition) is 5. The van der Waals surface area contributed by atoms with Crippen molar-refractivity contribution < 1.29 is 0 Å². The Morgan fingerprint density at radius 2 is 1.90 bits per heavy atom. The van der Waals surface area contributed by atoms with E-state index in [1.165, 1.54) is 9.58 Å². The fourth-order valence-corrected chi connectivity index (χ4v) is 2.29. The van der Waals surface area contributed by atoms with Gasteiger partial charge in [0.2, 0.25) is 5.95 Å². The molecule has 0 bridgehead atoms. The molecule has 0 saturated carbocycles. The van der Waals surface area contributed by atoms with Crippen LogP contribution in [-0.2, 0) is 0 Å². The second kappa shape index (κ2) is 5.78. The topological polar surface area (TPSA) is 77.0 Å². The summed E-state index contributed by atoms with van der Waals surface area (Å²) in [7, 11) is 0. The van der Waals surface area contributed by atoms with Gasteiger partial charge < -0.3 is 0 Å². The van der Waals surface area contributed by atoms with Crippen LogP contribution in [0.15, 0.2) is 23.0 Å². The van der Waals surface area contributed by atoms with Crippen LogP contribution in [0.1, 0.15) is 12.7 Å². The molecule has 0 spiro atoms. The zero-order valence-electron chi connectivity index (χ0n) is 11.0. The average Bonchev–Trinajstić information content (AvgIpc) is 2.40. The zero-order valence-corrected chi connectivity index (χ0v) is 12.5. The average molecular weight is 314 g/mol. The summed E-state index contributed by atoms with van der Waals surface area (Å²) in [5.41, 5.74) is -0.170. The van der Waals surface area contributed by atoms with E-state index >= 15 is 0 Å². The maximum Gasteiger partial charge on any atom is 0.357 e. The summed E-state index contributed by atoms with van der Waals surface area (Å²) < 4.78 is 1.26. The molecule has 0 radical (unpaired) electrons. The van der Waals surface area contributed by atoms with Crippen LogP contribution in [0.2, 0.25) is 10.0 Å². The first-order valence-electron chi connectivity index (χ1n) is 5.90. The van der Waals surface area contributed by atoms with Gasteiger partial charge in [-0.2, -0.15) is 9.97 Å². The second-order valence-corrected chi connectivity index (χ2v) is 4.86. The number of halogens is 2. The van der Waals surface area contributed by atoms with Crippen LogP contribution in [0.4, 0.5) is 5.95 Å². The summed E-state index contributed by atoms with van der Waals surface area (Å²) in [6.07, 6.45) is 0. The summed E-state index contributed by atoms with van der Waals surface area (Å²) in [5, 5.41) is 1.98. The summed E-state index contributed by atoms with van der Waals surface area (Å²) in [6.45, 7) is 3.97. The van der Waals surface area contributed by atoms with Crippen molar-refractivity contribution in [2.24, 2.45) is 5.84 Å². The van der Waals surface area contributed by atoms with E-state index in [9.17, 15) is 4.79 Å². The Morgan fingerprint density at radius 3 is 2.40 bits per heavy atom. The molecule has 0 atom stereocenters. The molecule has 2 aromatic rings. The van der Waals surface area contributed by atoms with Crippen molar-refractivity contribution in [1.82, 2.24) is 14.5 Å². The SMILES string of the molecule is CCN(N)c1nc(C)n(-c2c(Cl)cccc2Cl)c(=O)n1. The largest absolute Gasteiger partial charge is 0.357 e. The van der Waals surface area contributed by atoms with Crippen molar-refractivity contribution in [2.45, 2.75) is 13.8 Å². The highest BCUT2D eigenvalue weighted by Gasteiger charge is 2.15. The van der Waals surface area contributed by atoms with Gasteiger partial charge in [-0.25, -0.2) is 15.2 Å². The predicted octanol–water partition coefficient (Wildman–Crippen LogP) is 1.94. The number of nitrogens with two attached hydrogens (primary N) is 1. The fourth-order valence-electron chi connectivity index (χ4n) is 1.72. The van der Waals surface area contributed by atoms with Gasteiger partial charge in [-0.15, -0.1) is 0 Å². The highest BCUT2D eigenvalue weighted by molar-refractivity contribution is 6.37. The number of nitrogens with zero attached hydrogens (tertiary/aromatic N) is 4. The monoisotopic (exact) mass is 313 g/mol. The van der Waals surface area contributed by atoms with Crippen LogP contribution in [0.5, 0.6) is 0 Å². The molecule has 1 aromatic carbocycles. The summed E-state index contributed by atoms with van der Waals surface area (Å²) in [6, 6.07) is 4.98. The number of aryl methyl sites for hydroxylation is 1. The number of anilines is 1. The molecule has 2 N–H and O–H groups in total. The molecule has 6 nitrogen and oxygen atoms in total. The molecule has 0 aliphatic heterocycles. The van der Waals surface area contributed by atoms with Crippen LogP contribution in [-0.4, -0.2) is 21.1 Å². The van der Waals surface area contributed by atoms with Gasteiger partial charge in [-0.05, 0) is 26.0 Å². The lowest BCUT2D eigenvalue weighted by atomic mass is 10.3. The molecule has 0 unspecified atom stereocenters. The minimum absolute atomic E-state index is 0.162. The van der Waals surface area contributed by atoms with E-state index < -0.39 is 5.69 Å². The molecular weight excluding hydrogens is 301 g/mol. The molecule has 2 rings (SSSR count). The first-order valence-corrected chi connectivity index (χ1v) is 6.65. The zero-order chi connectivity index (χ0) is 14.9. The number of benzene rings is 1. The first kappa shape index (κ1) is 14.8. The molecule has 8 heteroatoms. The van der Waals surface area contributed by atoms with Crippen molar-refractivity contribution in [2.75, 3.05) is 11.6 Å². The van der Waals surface area contributed by atoms with Gasteiger partial charge in [0, 0.05) is 6.54 Å². The molecule has 1 heterocycles. The number of hydrazine groups is 1. The van der Waals surface area contributed by atoms with E-state index in [2.05, 4.69) is 9.97 Å². The Balaban J connectivity index is 2.68. The Hall–Kier alpha value is -1.63. The molecule has 0 aliphatic carbocycles. The molecule has 0 aliphatic rings. The Bertz CT molecular complexity index is 680. The van der Waals surface area contributed by atoms with Crippen molar-refractivity contribution >= 4 is 29.2 Å². The lowest BCUT2D eigenvalue weighted by Gasteiger charge is -2.16. The molecule has 0 fully saturated rings. The third kappa shape index (κ3) is 2.63. The lowest BCUT2D eigenvalue weighted by Crippen LogP contribution is -2.36. The standard InChI is InChI=1S/C12H13Cl2N5O/c1-3-18(15)11-16-7(2)19(12(20)17-11)10-8(13)5-4-6-9(10)14/h4-6H,3,15H2,1-2H3. The smallest absolute Gasteiger partial charge is 0.279 e. The first-order chi connectivity index (χ1) is 9.45. The number of para-hydroxylation sites is 1. The van der Waals surface area contributed by atoms with E-state index in [4.69, 9.17) is 29.0 Å². The van der Waals surface area contributed by atoms with E-state index in [0.717, 1.165) is 0 Å². The molecule has 0 saturated heterocycles. The van der Waals surface area contributed by atoms with Crippen molar-refractivity contribution in [3.05, 3.63) is 44.6 Å². The van der Waals surface area contributed by atoms with Gasteiger partial charge >= 0.3 is 5.69 Å². The maximum absolute atomic E-state index is 12.2. The van der Waals surface area contributed by atoms with Crippen LogP contribution >= 0.6 is 23.2 Å². The Kier molecular flexibility index (Phi) is 4.27. The van der Waals surface area contributed by atoms with Gasteiger partial charge in [0.15, 0.2) is 0 Å². The van der Waals surface area contributed by atoms with Crippen molar-refractivity contribution in [1.29, 1.82) is 0 Å². The summed E-state index contributed by atoms with van der Waals surface area (Å²) in [5.74, 6) is 6.25. The van der Waals surface area contributed by atoms with Crippen molar-refractivity contribution in [3.63, 3.8) is 0 Å². The van der Waals surface area contributed by atoms with Gasteiger partial charge in [0.1, 0.15) is 5.82 Å². The normalized spacial score (nSPS) is 10.7. The number of rotatable bonds is 3.